The molecule has 3 rings (SSSR count). The predicted octanol–water partition coefficient (Wildman–Crippen LogP) is 2.99. The molecule has 0 saturated carbocycles. The lowest BCUT2D eigenvalue weighted by Gasteiger charge is -2.19. The third-order valence-electron chi connectivity index (χ3n) is 4.32. The number of aryl methyl sites for hydroxylation is 2. The number of ether oxygens (including phenoxy) is 1. The Kier molecular flexibility index (Phi) is 5.25. The van der Waals surface area contributed by atoms with Gasteiger partial charge in [0.25, 0.3) is 11.3 Å². The van der Waals surface area contributed by atoms with Crippen molar-refractivity contribution in [2.24, 2.45) is 0 Å². The molecule has 3 aromatic rings. The SMILES string of the molecule is CCOc1ccc(NC(=O)[C@@H](CC)n2c(C)nc3onc(C)c3c2=O)cc1. The first-order valence-corrected chi connectivity index (χ1v) is 8.85. The summed E-state index contributed by atoms with van der Waals surface area (Å²) in [5.74, 6) is 0.839. The van der Waals surface area contributed by atoms with Gasteiger partial charge >= 0.3 is 0 Å². The van der Waals surface area contributed by atoms with Crippen molar-refractivity contribution in [1.29, 1.82) is 0 Å². The van der Waals surface area contributed by atoms with Gasteiger partial charge in [0, 0.05) is 5.69 Å². The minimum absolute atomic E-state index is 0.188. The van der Waals surface area contributed by atoms with Gasteiger partial charge in [-0.15, -0.1) is 0 Å². The van der Waals surface area contributed by atoms with Crippen molar-refractivity contribution in [2.75, 3.05) is 11.9 Å². The molecular formula is C19H22N4O4. The van der Waals surface area contributed by atoms with E-state index < -0.39 is 6.04 Å². The maximum atomic E-state index is 12.9. The maximum Gasteiger partial charge on any atom is 0.267 e. The quantitative estimate of drug-likeness (QED) is 0.716. The van der Waals surface area contributed by atoms with Crippen LogP contribution in [0.3, 0.4) is 0 Å². The monoisotopic (exact) mass is 370 g/mol. The molecule has 1 N–H and O–H groups in total. The van der Waals surface area contributed by atoms with Crippen LogP contribution in [0.2, 0.25) is 0 Å². The van der Waals surface area contributed by atoms with Gasteiger partial charge in [-0.2, -0.15) is 4.98 Å². The number of benzene rings is 1. The van der Waals surface area contributed by atoms with Crippen LogP contribution in [0.25, 0.3) is 11.1 Å². The van der Waals surface area contributed by atoms with Crippen LogP contribution in [0.15, 0.2) is 33.6 Å². The Bertz CT molecular complexity index is 1020. The molecule has 0 unspecified atom stereocenters. The van der Waals surface area contributed by atoms with E-state index in [4.69, 9.17) is 9.26 Å². The normalized spacial score (nSPS) is 12.1. The molecule has 142 valence electrons. The molecule has 1 amide bonds. The van der Waals surface area contributed by atoms with E-state index >= 15 is 0 Å². The molecule has 0 aliphatic carbocycles. The number of amides is 1. The van der Waals surface area contributed by atoms with Gasteiger partial charge in [-0.05, 0) is 51.5 Å². The van der Waals surface area contributed by atoms with E-state index in [1.807, 2.05) is 13.8 Å². The van der Waals surface area contributed by atoms with E-state index in [2.05, 4.69) is 15.5 Å². The molecule has 2 heterocycles. The molecule has 1 aromatic carbocycles. The maximum absolute atomic E-state index is 12.9. The lowest BCUT2D eigenvalue weighted by atomic mass is 10.1. The van der Waals surface area contributed by atoms with Crippen molar-refractivity contribution >= 4 is 22.7 Å². The summed E-state index contributed by atoms with van der Waals surface area (Å²) in [5, 5.41) is 6.95. The van der Waals surface area contributed by atoms with Gasteiger partial charge in [0.1, 0.15) is 23.0 Å². The Balaban J connectivity index is 1.92. The summed E-state index contributed by atoms with van der Waals surface area (Å²) in [7, 11) is 0. The number of nitrogens with zero attached hydrogens (tertiary/aromatic N) is 3. The van der Waals surface area contributed by atoms with Gasteiger partial charge < -0.3 is 14.6 Å². The first kappa shape index (κ1) is 18.6. The van der Waals surface area contributed by atoms with Crippen LogP contribution in [0.1, 0.15) is 37.8 Å². The highest BCUT2D eigenvalue weighted by molar-refractivity contribution is 5.94. The van der Waals surface area contributed by atoms with Crippen LogP contribution in [0.5, 0.6) is 5.75 Å². The lowest BCUT2D eigenvalue weighted by molar-refractivity contribution is -0.119. The summed E-state index contributed by atoms with van der Waals surface area (Å²) >= 11 is 0. The Labute approximate surface area is 156 Å². The Morgan fingerprint density at radius 2 is 1.96 bits per heavy atom. The van der Waals surface area contributed by atoms with Crippen LogP contribution in [-0.4, -0.2) is 27.2 Å². The van der Waals surface area contributed by atoms with Crippen LogP contribution >= 0.6 is 0 Å². The van der Waals surface area contributed by atoms with Crippen LogP contribution in [-0.2, 0) is 4.79 Å². The number of rotatable bonds is 6. The fraction of sp³-hybridized carbons (Fsp3) is 0.368. The second-order valence-electron chi connectivity index (χ2n) is 6.15. The predicted molar refractivity (Wildman–Crippen MR) is 101 cm³/mol. The van der Waals surface area contributed by atoms with Crippen molar-refractivity contribution in [3.05, 3.63) is 46.1 Å². The van der Waals surface area contributed by atoms with Gasteiger partial charge in [0.2, 0.25) is 5.91 Å². The van der Waals surface area contributed by atoms with E-state index in [0.29, 0.717) is 35.6 Å². The fourth-order valence-corrected chi connectivity index (χ4v) is 3.03. The van der Waals surface area contributed by atoms with E-state index in [1.165, 1.54) is 4.57 Å². The standard InChI is InChI=1S/C19H22N4O4/c1-5-15(17(24)21-13-7-9-14(10-8-13)26-6-2)23-12(4)20-18-16(19(23)25)11(3)22-27-18/h7-10,15H,5-6H2,1-4H3,(H,21,24)/t15-/m1/s1. The summed E-state index contributed by atoms with van der Waals surface area (Å²) in [6, 6.07) is 6.39. The highest BCUT2D eigenvalue weighted by Crippen LogP contribution is 2.20. The zero-order valence-electron chi connectivity index (χ0n) is 15.8. The van der Waals surface area contributed by atoms with Gasteiger partial charge in [-0.3, -0.25) is 14.2 Å². The van der Waals surface area contributed by atoms with Crippen molar-refractivity contribution in [1.82, 2.24) is 14.7 Å². The number of carbonyl (C=O) groups is 1. The molecule has 0 bridgehead atoms. The summed E-state index contributed by atoms with van der Waals surface area (Å²) in [6.45, 7) is 7.67. The number of carbonyl (C=O) groups excluding carboxylic acids is 1. The average molecular weight is 370 g/mol. The fourth-order valence-electron chi connectivity index (χ4n) is 3.03. The molecule has 2 aromatic heterocycles. The number of hydrogen-bond donors (Lipinski definition) is 1. The molecule has 0 fully saturated rings. The highest BCUT2D eigenvalue weighted by atomic mass is 16.5. The molecular weight excluding hydrogens is 348 g/mol. The number of aromatic nitrogens is 3. The molecule has 1 atom stereocenters. The number of fused-ring (bicyclic) bond motifs is 1. The van der Waals surface area contributed by atoms with Gasteiger partial charge in [0.15, 0.2) is 0 Å². The van der Waals surface area contributed by atoms with E-state index in [9.17, 15) is 9.59 Å². The second-order valence-corrected chi connectivity index (χ2v) is 6.15. The highest BCUT2D eigenvalue weighted by Gasteiger charge is 2.25. The number of hydrogen-bond acceptors (Lipinski definition) is 6. The Morgan fingerprint density at radius 3 is 2.59 bits per heavy atom. The Hall–Kier alpha value is -3.16. The molecule has 0 radical (unpaired) electrons. The number of anilines is 1. The molecule has 27 heavy (non-hydrogen) atoms. The minimum Gasteiger partial charge on any atom is -0.494 e. The van der Waals surface area contributed by atoms with Crippen molar-refractivity contribution in [3.8, 4) is 5.75 Å². The Morgan fingerprint density at radius 1 is 1.26 bits per heavy atom. The van der Waals surface area contributed by atoms with Crippen molar-refractivity contribution in [3.63, 3.8) is 0 Å². The van der Waals surface area contributed by atoms with Crippen LogP contribution in [0.4, 0.5) is 5.69 Å². The van der Waals surface area contributed by atoms with E-state index in [-0.39, 0.29) is 17.2 Å². The number of nitrogens with one attached hydrogen (secondary N) is 1. The first-order valence-electron chi connectivity index (χ1n) is 8.85. The first-order chi connectivity index (χ1) is 13.0. The summed E-state index contributed by atoms with van der Waals surface area (Å²) < 4.78 is 11.9. The smallest absolute Gasteiger partial charge is 0.267 e. The molecule has 0 aliphatic rings. The largest absolute Gasteiger partial charge is 0.494 e. The molecule has 8 heteroatoms. The van der Waals surface area contributed by atoms with E-state index in [1.54, 1.807) is 38.1 Å². The zero-order valence-corrected chi connectivity index (χ0v) is 15.8. The third kappa shape index (κ3) is 3.55. The van der Waals surface area contributed by atoms with Crippen LogP contribution in [0, 0.1) is 13.8 Å². The zero-order chi connectivity index (χ0) is 19.6. The minimum atomic E-state index is -0.699. The molecule has 0 spiro atoms. The van der Waals surface area contributed by atoms with E-state index in [0.717, 1.165) is 5.75 Å². The topological polar surface area (TPSA) is 99.2 Å². The average Bonchev–Trinajstić information content (AvgIpc) is 3.01. The van der Waals surface area contributed by atoms with Gasteiger partial charge in [-0.1, -0.05) is 12.1 Å². The second kappa shape index (κ2) is 7.61. The molecule has 0 aliphatic heterocycles. The van der Waals surface area contributed by atoms with Crippen molar-refractivity contribution in [2.45, 2.75) is 40.2 Å². The van der Waals surface area contributed by atoms with Gasteiger partial charge in [-0.25, -0.2) is 0 Å². The van der Waals surface area contributed by atoms with Crippen LogP contribution < -0.4 is 15.6 Å². The lowest BCUT2D eigenvalue weighted by Crippen LogP contribution is -2.35. The van der Waals surface area contributed by atoms with Crippen molar-refractivity contribution < 1.29 is 14.1 Å². The third-order valence-corrected chi connectivity index (χ3v) is 4.32. The summed E-state index contributed by atoms with van der Waals surface area (Å²) in [6.07, 6.45) is 0.432. The molecule has 8 nitrogen and oxygen atoms in total. The van der Waals surface area contributed by atoms with Gasteiger partial charge in [0.05, 0.1) is 12.3 Å². The summed E-state index contributed by atoms with van der Waals surface area (Å²) in [4.78, 5) is 30.1. The summed E-state index contributed by atoms with van der Waals surface area (Å²) in [5.41, 5.74) is 0.943. The molecule has 0 saturated heterocycles.